The number of nitrogens with zero attached hydrogens (tertiary/aromatic N) is 1. The second-order valence-corrected chi connectivity index (χ2v) is 5.55. The molecule has 0 spiro atoms. The van der Waals surface area contributed by atoms with Gasteiger partial charge < -0.3 is 4.42 Å². The van der Waals surface area contributed by atoms with Gasteiger partial charge in [-0.1, -0.05) is 18.2 Å². The Labute approximate surface area is 127 Å². The Morgan fingerprint density at radius 1 is 1.00 bits per heavy atom. The first kappa shape index (κ1) is 13.0. The third-order valence-corrected chi connectivity index (χ3v) is 4.13. The first-order valence-corrected chi connectivity index (χ1v) is 7.22. The second kappa shape index (κ2) is 4.67. The fourth-order valence-electron chi connectivity index (χ4n) is 3.07. The molecule has 4 aromatic rings. The molecule has 0 aliphatic heterocycles. The fraction of sp³-hybridized carbons (Fsp3) is 0.105. The standard InChI is InChI=1S/C19H15FNO/c1-12-9-10-16-18(13-6-5-7-14(20)19(13)22-16)17(12)15-8-3-4-11-21(15)2/h3-11H,1-2H3/q+1. The van der Waals surface area contributed by atoms with Crippen molar-refractivity contribution in [2.45, 2.75) is 6.92 Å². The first-order valence-electron chi connectivity index (χ1n) is 7.22. The van der Waals surface area contributed by atoms with Gasteiger partial charge in [0.15, 0.2) is 17.6 Å². The maximum Gasteiger partial charge on any atom is 0.213 e. The van der Waals surface area contributed by atoms with E-state index < -0.39 is 0 Å². The summed E-state index contributed by atoms with van der Waals surface area (Å²) in [4.78, 5) is 0. The predicted molar refractivity (Wildman–Crippen MR) is 85.0 cm³/mol. The van der Waals surface area contributed by atoms with Gasteiger partial charge in [0.05, 0.1) is 5.56 Å². The largest absolute Gasteiger partial charge is 0.453 e. The van der Waals surface area contributed by atoms with Crippen molar-refractivity contribution in [3.05, 3.63) is 66.1 Å². The number of hydrogen-bond acceptors (Lipinski definition) is 1. The molecular formula is C19H15FNO+. The molecule has 0 radical (unpaired) electrons. The van der Waals surface area contributed by atoms with Gasteiger partial charge in [-0.05, 0) is 30.7 Å². The SMILES string of the molecule is Cc1ccc2oc3c(F)cccc3c2c1-c1cccc[n+]1C. The van der Waals surface area contributed by atoms with E-state index in [-0.39, 0.29) is 5.82 Å². The number of hydrogen-bond donors (Lipinski definition) is 0. The number of para-hydroxylation sites is 1. The highest BCUT2D eigenvalue weighted by molar-refractivity contribution is 6.12. The van der Waals surface area contributed by atoms with Crippen molar-refractivity contribution in [3.63, 3.8) is 0 Å². The molecule has 108 valence electrons. The lowest BCUT2D eigenvalue weighted by atomic mass is 9.98. The Bertz CT molecular complexity index is 1020. The molecule has 0 aliphatic rings. The second-order valence-electron chi connectivity index (χ2n) is 5.55. The molecule has 0 aliphatic carbocycles. The highest BCUT2D eigenvalue weighted by Gasteiger charge is 2.20. The molecule has 0 bridgehead atoms. The van der Waals surface area contributed by atoms with Crippen LogP contribution in [-0.2, 0) is 7.05 Å². The summed E-state index contributed by atoms with van der Waals surface area (Å²) in [6.45, 7) is 2.07. The van der Waals surface area contributed by atoms with Crippen LogP contribution in [0.25, 0.3) is 33.2 Å². The van der Waals surface area contributed by atoms with Crippen molar-refractivity contribution < 1.29 is 13.4 Å². The van der Waals surface area contributed by atoms with E-state index in [9.17, 15) is 4.39 Å². The third-order valence-electron chi connectivity index (χ3n) is 4.13. The smallest absolute Gasteiger partial charge is 0.213 e. The molecule has 0 unspecified atom stereocenters. The average Bonchev–Trinajstić information content (AvgIpc) is 2.89. The Balaban J connectivity index is 2.23. The summed E-state index contributed by atoms with van der Waals surface area (Å²) < 4.78 is 21.9. The van der Waals surface area contributed by atoms with E-state index in [0.29, 0.717) is 11.2 Å². The van der Waals surface area contributed by atoms with E-state index in [1.54, 1.807) is 6.07 Å². The molecule has 0 saturated heterocycles. The highest BCUT2D eigenvalue weighted by Crippen LogP contribution is 2.38. The van der Waals surface area contributed by atoms with E-state index >= 15 is 0 Å². The number of fused-ring (bicyclic) bond motifs is 3. The summed E-state index contributed by atoms with van der Waals surface area (Å²) in [6, 6.07) is 15.1. The molecule has 2 heterocycles. The number of pyridine rings is 1. The molecule has 2 aromatic carbocycles. The highest BCUT2D eigenvalue weighted by atomic mass is 19.1. The lowest BCUT2D eigenvalue weighted by molar-refractivity contribution is -0.660. The Morgan fingerprint density at radius 3 is 2.68 bits per heavy atom. The van der Waals surface area contributed by atoms with Crippen molar-refractivity contribution in [1.82, 2.24) is 0 Å². The summed E-state index contributed by atoms with van der Waals surface area (Å²) in [5.74, 6) is -0.324. The zero-order valence-corrected chi connectivity index (χ0v) is 12.4. The van der Waals surface area contributed by atoms with Gasteiger partial charge in [-0.25, -0.2) is 8.96 Å². The number of halogens is 1. The monoisotopic (exact) mass is 292 g/mol. The van der Waals surface area contributed by atoms with Crippen LogP contribution in [0.2, 0.25) is 0 Å². The van der Waals surface area contributed by atoms with Crippen molar-refractivity contribution in [2.75, 3.05) is 0 Å². The van der Waals surface area contributed by atoms with Gasteiger partial charge in [0.2, 0.25) is 5.69 Å². The van der Waals surface area contributed by atoms with Crippen molar-refractivity contribution in [3.8, 4) is 11.3 Å². The summed E-state index contributed by atoms with van der Waals surface area (Å²) in [5.41, 5.74) is 4.34. The van der Waals surface area contributed by atoms with Crippen LogP contribution >= 0.6 is 0 Å². The van der Waals surface area contributed by atoms with Crippen LogP contribution in [-0.4, -0.2) is 0 Å². The van der Waals surface area contributed by atoms with Crippen molar-refractivity contribution in [2.24, 2.45) is 7.05 Å². The normalized spacial score (nSPS) is 11.4. The topological polar surface area (TPSA) is 17.0 Å². The van der Waals surface area contributed by atoms with E-state index in [4.69, 9.17) is 4.42 Å². The zero-order valence-electron chi connectivity index (χ0n) is 12.4. The first-order chi connectivity index (χ1) is 10.7. The van der Waals surface area contributed by atoms with Crippen LogP contribution < -0.4 is 4.57 Å². The van der Waals surface area contributed by atoms with Crippen LogP contribution in [0.15, 0.2) is 59.1 Å². The molecule has 2 aromatic heterocycles. The minimum Gasteiger partial charge on any atom is -0.453 e. The zero-order chi connectivity index (χ0) is 15.3. The summed E-state index contributed by atoms with van der Waals surface area (Å²) in [5, 5.41) is 1.79. The summed E-state index contributed by atoms with van der Waals surface area (Å²) >= 11 is 0. The molecule has 0 atom stereocenters. The van der Waals surface area contributed by atoms with E-state index in [1.807, 2.05) is 43.6 Å². The molecule has 0 amide bonds. The van der Waals surface area contributed by atoms with Crippen molar-refractivity contribution in [1.29, 1.82) is 0 Å². The van der Waals surface area contributed by atoms with Gasteiger partial charge in [-0.3, -0.25) is 0 Å². The molecule has 0 N–H and O–H groups in total. The molecule has 0 saturated carbocycles. The number of aromatic nitrogens is 1. The molecule has 4 rings (SSSR count). The lowest BCUT2D eigenvalue weighted by Gasteiger charge is -2.06. The minimum atomic E-state index is -0.324. The Morgan fingerprint density at radius 2 is 1.86 bits per heavy atom. The van der Waals surface area contributed by atoms with Crippen LogP contribution in [0.4, 0.5) is 4.39 Å². The maximum atomic E-state index is 14.0. The lowest BCUT2D eigenvalue weighted by Crippen LogP contribution is -2.30. The number of furan rings is 1. The Kier molecular flexibility index (Phi) is 2.76. The number of aryl methyl sites for hydroxylation is 2. The van der Waals surface area contributed by atoms with E-state index in [0.717, 1.165) is 27.6 Å². The molecule has 22 heavy (non-hydrogen) atoms. The quantitative estimate of drug-likeness (QED) is 0.471. The Hall–Kier alpha value is -2.68. The average molecular weight is 292 g/mol. The van der Waals surface area contributed by atoms with E-state index in [1.165, 1.54) is 6.07 Å². The van der Waals surface area contributed by atoms with Gasteiger partial charge in [-0.2, -0.15) is 0 Å². The van der Waals surface area contributed by atoms with Gasteiger partial charge in [0.25, 0.3) is 0 Å². The molecular weight excluding hydrogens is 277 g/mol. The van der Waals surface area contributed by atoms with Crippen LogP contribution in [0.1, 0.15) is 5.56 Å². The molecule has 3 heteroatoms. The van der Waals surface area contributed by atoms with Crippen LogP contribution in [0, 0.1) is 12.7 Å². The minimum absolute atomic E-state index is 0.322. The van der Waals surface area contributed by atoms with Crippen LogP contribution in [0.5, 0.6) is 0 Å². The van der Waals surface area contributed by atoms with E-state index in [2.05, 4.69) is 17.6 Å². The fourth-order valence-corrected chi connectivity index (χ4v) is 3.07. The third kappa shape index (κ3) is 1.75. The summed E-state index contributed by atoms with van der Waals surface area (Å²) in [6.07, 6.45) is 2.01. The van der Waals surface area contributed by atoms with Gasteiger partial charge in [-0.15, -0.1) is 0 Å². The predicted octanol–water partition coefficient (Wildman–Crippen LogP) is 4.53. The molecule has 0 fully saturated rings. The maximum absolute atomic E-state index is 14.0. The summed E-state index contributed by atoms with van der Waals surface area (Å²) in [7, 11) is 2.01. The number of benzene rings is 2. The molecule has 2 nitrogen and oxygen atoms in total. The van der Waals surface area contributed by atoms with Crippen LogP contribution in [0.3, 0.4) is 0 Å². The number of rotatable bonds is 1. The van der Waals surface area contributed by atoms with Gasteiger partial charge in [0.1, 0.15) is 12.6 Å². The van der Waals surface area contributed by atoms with Gasteiger partial charge >= 0.3 is 0 Å². The van der Waals surface area contributed by atoms with Crippen molar-refractivity contribution >= 4 is 21.9 Å². The van der Waals surface area contributed by atoms with Gasteiger partial charge in [0, 0.05) is 22.9 Å².